The Labute approximate surface area is 106 Å². The summed E-state index contributed by atoms with van der Waals surface area (Å²) in [7, 11) is 0. The number of quaternary nitrogens is 1. The van der Waals surface area contributed by atoms with Crippen LogP contribution < -0.4 is 19.5 Å². The van der Waals surface area contributed by atoms with Crippen LogP contribution in [0.2, 0.25) is 0 Å². The van der Waals surface area contributed by atoms with Crippen LogP contribution in [-0.4, -0.2) is 25.3 Å². The van der Waals surface area contributed by atoms with E-state index in [9.17, 15) is 9.90 Å². The lowest BCUT2D eigenvalue weighted by molar-refractivity contribution is -0.929. The van der Waals surface area contributed by atoms with Crippen molar-refractivity contribution in [1.29, 1.82) is 0 Å². The summed E-state index contributed by atoms with van der Waals surface area (Å²) in [4.78, 5) is 11.7. The van der Waals surface area contributed by atoms with E-state index in [1.165, 1.54) is 0 Å². The molecule has 1 heterocycles. The van der Waals surface area contributed by atoms with Gasteiger partial charge in [-0.1, -0.05) is 0 Å². The van der Waals surface area contributed by atoms with Crippen molar-refractivity contribution in [3.8, 4) is 11.5 Å². The van der Waals surface area contributed by atoms with Gasteiger partial charge in [0.2, 0.25) is 6.79 Å². The molecule has 1 aromatic carbocycles. The first-order valence-corrected chi connectivity index (χ1v) is 5.99. The summed E-state index contributed by atoms with van der Waals surface area (Å²) in [6.45, 7) is 4.86. The molecule has 0 bridgehead atoms. The number of aliphatic carboxylic acids is 1. The van der Waals surface area contributed by atoms with Crippen molar-refractivity contribution in [2.24, 2.45) is 0 Å². The summed E-state index contributed by atoms with van der Waals surface area (Å²) in [5, 5.41) is 10.7. The van der Waals surface area contributed by atoms with E-state index in [-0.39, 0.29) is 19.4 Å². The van der Waals surface area contributed by atoms with Crippen LogP contribution in [0, 0.1) is 0 Å². The SMILES string of the molecule is CC(C)[NH+](CC(=O)[O-])Cc1ccc2c(c1)OCO2. The standard InChI is InChI=1S/C13H17NO4/c1-9(2)14(7-13(15)16)6-10-3-4-11-12(5-10)18-8-17-11/h3-5,9H,6-8H2,1-2H3,(H,15,16). The molecule has 1 atom stereocenters. The third kappa shape index (κ3) is 2.92. The number of nitrogens with one attached hydrogen (secondary N) is 1. The number of fused-ring (bicyclic) bond motifs is 1. The Balaban J connectivity index is 2.09. The second kappa shape index (κ2) is 5.27. The summed E-state index contributed by atoms with van der Waals surface area (Å²) < 4.78 is 10.5. The zero-order valence-electron chi connectivity index (χ0n) is 10.6. The van der Waals surface area contributed by atoms with Gasteiger partial charge in [0.05, 0.1) is 12.0 Å². The Morgan fingerprint density at radius 1 is 1.39 bits per heavy atom. The van der Waals surface area contributed by atoms with Crippen molar-refractivity contribution < 1.29 is 24.3 Å². The lowest BCUT2D eigenvalue weighted by Crippen LogP contribution is -3.15. The highest BCUT2D eigenvalue weighted by atomic mass is 16.7. The molecule has 5 heteroatoms. The maximum atomic E-state index is 10.7. The molecule has 0 radical (unpaired) electrons. The van der Waals surface area contributed by atoms with Crippen LogP contribution in [0.1, 0.15) is 19.4 Å². The molecule has 1 aromatic rings. The molecule has 0 saturated carbocycles. The smallest absolute Gasteiger partial charge is 0.231 e. The van der Waals surface area contributed by atoms with Crippen molar-refractivity contribution in [3.63, 3.8) is 0 Å². The molecule has 0 saturated heterocycles. The minimum atomic E-state index is -1.03. The van der Waals surface area contributed by atoms with Gasteiger partial charge in [-0.25, -0.2) is 0 Å². The van der Waals surface area contributed by atoms with Gasteiger partial charge in [-0.15, -0.1) is 0 Å². The Hall–Kier alpha value is -1.75. The van der Waals surface area contributed by atoms with E-state index in [1.54, 1.807) is 0 Å². The fourth-order valence-corrected chi connectivity index (χ4v) is 1.97. The van der Waals surface area contributed by atoms with Gasteiger partial charge in [-0.3, -0.25) is 0 Å². The largest absolute Gasteiger partial charge is 0.544 e. The third-order valence-electron chi connectivity index (χ3n) is 3.06. The average molecular weight is 251 g/mol. The van der Waals surface area contributed by atoms with Crippen LogP contribution in [0.5, 0.6) is 11.5 Å². The molecule has 1 aliphatic heterocycles. The number of hydrogen-bond donors (Lipinski definition) is 1. The number of rotatable bonds is 5. The summed E-state index contributed by atoms with van der Waals surface area (Å²) in [5.74, 6) is 0.438. The summed E-state index contributed by atoms with van der Waals surface area (Å²) in [5.41, 5.74) is 1.03. The predicted octanol–water partition coefficient (Wildman–Crippen LogP) is -1.04. The van der Waals surface area contributed by atoms with E-state index in [2.05, 4.69) is 0 Å². The minimum Gasteiger partial charge on any atom is -0.544 e. The number of carbonyl (C=O) groups excluding carboxylic acids is 1. The van der Waals surface area contributed by atoms with E-state index in [0.717, 1.165) is 22.0 Å². The second-order valence-corrected chi connectivity index (χ2v) is 4.73. The predicted molar refractivity (Wildman–Crippen MR) is 62.2 cm³/mol. The van der Waals surface area contributed by atoms with Gasteiger partial charge >= 0.3 is 0 Å². The molecular weight excluding hydrogens is 234 g/mol. The van der Waals surface area contributed by atoms with E-state index >= 15 is 0 Å². The lowest BCUT2D eigenvalue weighted by Gasteiger charge is -2.23. The molecule has 1 aliphatic rings. The van der Waals surface area contributed by atoms with Crippen LogP contribution in [0.25, 0.3) is 0 Å². The van der Waals surface area contributed by atoms with Crippen LogP contribution in [0.15, 0.2) is 18.2 Å². The van der Waals surface area contributed by atoms with Crippen LogP contribution in [-0.2, 0) is 11.3 Å². The number of carboxylic acid groups (broad SMARTS) is 1. The Morgan fingerprint density at radius 3 is 2.78 bits per heavy atom. The number of hydrogen-bond acceptors (Lipinski definition) is 4. The normalized spacial score (nSPS) is 14.8. The van der Waals surface area contributed by atoms with Crippen molar-refractivity contribution in [2.75, 3.05) is 13.3 Å². The fourth-order valence-electron chi connectivity index (χ4n) is 1.97. The molecule has 1 N–H and O–H groups in total. The van der Waals surface area contributed by atoms with Crippen molar-refractivity contribution >= 4 is 5.97 Å². The number of carboxylic acids is 1. The molecule has 0 amide bonds. The van der Waals surface area contributed by atoms with Gasteiger partial charge in [-0.2, -0.15) is 0 Å². The molecule has 0 spiro atoms. The molecule has 0 fully saturated rings. The quantitative estimate of drug-likeness (QED) is 0.726. The van der Waals surface area contributed by atoms with Gasteiger partial charge in [0, 0.05) is 5.56 Å². The van der Waals surface area contributed by atoms with E-state index in [0.29, 0.717) is 6.54 Å². The molecule has 18 heavy (non-hydrogen) atoms. The maximum Gasteiger partial charge on any atom is 0.231 e. The Morgan fingerprint density at radius 2 is 2.11 bits per heavy atom. The number of benzene rings is 1. The second-order valence-electron chi connectivity index (χ2n) is 4.73. The summed E-state index contributed by atoms with van der Waals surface area (Å²) in [6.07, 6.45) is 0. The lowest BCUT2D eigenvalue weighted by atomic mass is 10.1. The molecule has 1 unspecified atom stereocenters. The first kappa shape index (κ1) is 12.7. The molecular formula is C13H17NO4. The van der Waals surface area contributed by atoms with Crippen LogP contribution in [0.3, 0.4) is 0 Å². The highest BCUT2D eigenvalue weighted by Crippen LogP contribution is 2.32. The molecule has 98 valence electrons. The average Bonchev–Trinajstić information content (AvgIpc) is 2.74. The van der Waals surface area contributed by atoms with Crippen molar-refractivity contribution in [3.05, 3.63) is 23.8 Å². The fraction of sp³-hybridized carbons (Fsp3) is 0.462. The van der Waals surface area contributed by atoms with Gasteiger partial charge < -0.3 is 24.3 Å². The Kier molecular flexibility index (Phi) is 3.72. The van der Waals surface area contributed by atoms with Gasteiger partial charge in [0.15, 0.2) is 11.5 Å². The van der Waals surface area contributed by atoms with Crippen molar-refractivity contribution in [1.82, 2.24) is 0 Å². The number of ether oxygens (including phenoxy) is 2. The summed E-state index contributed by atoms with van der Waals surface area (Å²) >= 11 is 0. The van der Waals surface area contributed by atoms with Gasteiger partial charge in [0.1, 0.15) is 13.1 Å². The monoisotopic (exact) mass is 251 g/mol. The van der Waals surface area contributed by atoms with Crippen LogP contribution >= 0.6 is 0 Å². The Bertz CT molecular complexity index is 445. The first-order chi connectivity index (χ1) is 8.56. The zero-order valence-corrected chi connectivity index (χ0v) is 10.6. The van der Waals surface area contributed by atoms with Crippen molar-refractivity contribution in [2.45, 2.75) is 26.4 Å². The van der Waals surface area contributed by atoms with E-state index < -0.39 is 5.97 Å². The van der Waals surface area contributed by atoms with Gasteiger partial charge in [0.25, 0.3) is 0 Å². The maximum absolute atomic E-state index is 10.7. The highest BCUT2D eigenvalue weighted by molar-refractivity contribution is 5.65. The molecule has 0 aromatic heterocycles. The minimum absolute atomic E-state index is 0.00606. The van der Waals surface area contributed by atoms with E-state index in [1.807, 2.05) is 32.0 Å². The molecule has 0 aliphatic carbocycles. The highest BCUT2D eigenvalue weighted by Gasteiger charge is 2.18. The van der Waals surface area contributed by atoms with Crippen LogP contribution in [0.4, 0.5) is 0 Å². The molecule has 2 rings (SSSR count). The summed E-state index contributed by atoms with van der Waals surface area (Å²) in [6, 6.07) is 5.91. The topological polar surface area (TPSA) is 63.0 Å². The number of carbonyl (C=O) groups is 1. The van der Waals surface area contributed by atoms with Gasteiger partial charge in [-0.05, 0) is 32.0 Å². The zero-order chi connectivity index (χ0) is 13.1. The third-order valence-corrected chi connectivity index (χ3v) is 3.06. The molecule has 5 nitrogen and oxygen atoms in total. The van der Waals surface area contributed by atoms with E-state index in [4.69, 9.17) is 9.47 Å². The first-order valence-electron chi connectivity index (χ1n) is 5.99.